The van der Waals surface area contributed by atoms with E-state index in [1.165, 1.54) is 0 Å². The van der Waals surface area contributed by atoms with Crippen LogP contribution in [0.15, 0.2) is 48.5 Å². The lowest BCUT2D eigenvalue weighted by Crippen LogP contribution is -2.34. The summed E-state index contributed by atoms with van der Waals surface area (Å²) in [5, 5.41) is 6.77. The summed E-state index contributed by atoms with van der Waals surface area (Å²) in [4.78, 5) is 12.3. The zero-order valence-corrected chi connectivity index (χ0v) is 12.9. The summed E-state index contributed by atoms with van der Waals surface area (Å²) in [5.74, 6) is -0.0838. The fourth-order valence-corrected chi connectivity index (χ4v) is 2.46. The third kappa shape index (κ3) is 3.99. The highest BCUT2D eigenvalue weighted by atomic mass is 35.5. The average Bonchev–Trinajstić information content (AvgIpc) is 2.49. The molecule has 2 aromatic carbocycles. The largest absolute Gasteiger partial charge is 0.387 e. The molecule has 0 aliphatic rings. The monoisotopic (exact) mass is 302 g/mol. The molecule has 0 aliphatic carbocycles. The van der Waals surface area contributed by atoms with E-state index in [9.17, 15) is 4.79 Å². The van der Waals surface area contributed by atoms with E-state index in [1.54, 1.807) is 7.05 Å². The van der Waals surface area contributed by atoms with Gasteiger partial charge in [-0.1, -0.05) is 41.9 Å². The van der Waals surface area contributed by atoms with E-state index in [4.69, 9.17) is 11.6 Å². The van der Waals surface area contributed by atoms with Crippen molar-refractivity contribution in [2.24, 2.45) is 0 Å². The van der Waals surface area contributed by atoms with Crippen LogP contribution in [0.25, 0.3) is 0 Å². The van der Waals surface area contributed by atoms with Crippen molar-refractivity contribution in [2.75, 3.05) is 12.4 Å². The summed E-state index contributed by atoms with van der Waals surface area (Å²) >= 11 is 6.15. The highest BCUT2D eigenvalue weighted by Crippen LogP contribution is 2.18. The maximum absolute atomic E-state index is 12.3. The topological polar surface area (TPSA) is 41.1 Å². The Morgan fingerprint density at radius 2 is 1.81 bits per heavy atom. The minimum atomic E-state index is -0.0838. The maximum Gasteiger partial charge on any atom is 0.253 e. The smallest absolute Gasteiger partial charge is 0.253 e. The highest BCUT2D eigenvalue weighted by molar-refractivity contribution is 6.31. The standard InChI is InChI=1S/C17H19ClN2O/c1-12(11-13-7-3-5-9-15(13)18)20-17(21)14-8-4-6-10-16(14)19-2/h3-10,12,19H,11H2,1-2H3,(H,20,21). The molecular weight excluding hydrogens is 284 g/mol. The van der Waals surface area contributed by atoms with Gasteiger partial charge in [-0.05, 0) is 37.1 Å². The van der Waals surface area contributed by atoms with Gasteiger partial charge in [-0.3, -0.25) is 4.79 Å². The second kappa shape index (κ2) is 7.14. The van der Waals surface area contributed by atoms with Crippen molar-refractivity contribution in [1.82, 2.24) is 5.32 Å². The number of carbonyl (C=O) groups is 1. The fraction of sp³-hybridized carbons (Fsp3) is 0.235. The summed E-state index contributed by atoms with van der Waals surface area (Å²) in [6.45, 7) is 1.98. The molecule has 21 heavy (non-hydrogen) atoms. The fourth-order valence-electron chi connectivity index (χ4n) is 2.25. The van der Waals surface area contributed by atoms with E-state index in [0.29, 0.717) is 12.0 Å². The number of amides is 1. The van der Waals surface area contributed by atoms with Gasteiger partial charge in [0.2, 0.25) is 0 Å². The van der Waals surface area contributed by atoms with Crippen LogP contribution in [0.2, 0.25) is 5.02 Å². The van der Waals surface area contributed by atoms with E-state index in [0.717, 1.165) is 16.3 Å². The van der Waals surface area contributed by atoms with Crippen molar-refractivity contribution in [3.05, 3.63) is 64.7 Å². The molecule has 0 bridgehead atoms. The van der Waals surface area contributed by atoms with Gasteiger partial charge in [-0.15, -0.1) is 0 Å². The van der Waals surface area contributed by atoms with Gasteiger partial charge in [-0.25, -0.2) is 0 Å². The Labute approximate surface area is 130 Å². The van der Waals surface area contributed by atoms with Gasteiger partial charge in [0.25, 0.3) is 5.91 Å². The number of hydrogen-bond donors (Lipinski definition) is 2. The summed E-state index contributed by atoms with van der Waals surface area (Å²) < 4.78 is 0. The lowest BCUT2D eigenvalue weighted by molar-refractivity contribution is 0.0941. The van der Waals surface area contributed by atoms with Gasteiger partial charge >= 0.3 is 0 Å². The number of benzene rings is 2. The number of para-hydroxylation sites is 1. The van der Waals surface area contributed by atoms with Crippen LogP contribution >= 0.6 is 11.6 Å². The summed E-state index contributed by atoms with van der Waals surface area (Å²) in [7, 11) is 1.80. The molecule has 1 unspecified atom stereocenters. The summed E-state index contributed by atoms with van der Waals surface area (Å²) in [6.07, 6.45) is 0.702. The molecule has 0 spiro atoms. The van der Waals surface area contributed by atoms with Crippen molar-refractivity contribution in [3.8, 4) is 0 Å². The van der Waals surface area contributed by atoms with E-state index in [2.05, 4.69) is 10.6 Å². The lowest BCUT2D eigenvalue weighted by Gasteiger charge is -2.16. The third-order valence-electron chi connectivity index (χ3n) is 3.30. The van der Waals surface area contributed by atoms with Gasteiger partial charge in [-0.2, -0.15) is 0 Å². The van der Waals surface area contributed by atoms with E-state index >= 15 is 0 Å². The Hall–Kier alpha value is -2.00. The second-order valence-corrected chi connectivity index (χ2v) is 5.37. The third-order valence-corrected chi connectivity index (χ3v) is 3.67. The normalized spacial score (nSPS) is 11.8. The average molecular weight is 303 g/mol. The molecule has 2 N–H and O–H groups in total. The van der Waals surface area contributed by atoms with Gasteiger partial charge in [0.1, 0.15) is 0 Å². The Morgan fingerprint density at radius 1 is 1.14 bits per heavy atom. The van der Waals surface area contributed by atoms with Gasteiger partial charge in [0, 0.05) is 23.8 Å². The molecular formula is C17H19ClN2O. The second-order valence-electron chi connectivity index (χ2n) is 4.97. The van der Waals surface area contributed by atoms with Crippen LogP contribution in [0, 0.1) is 0 Å². The number of hydrogen-bond acceptors (Lipinski definition) is 2. The van der Waals surface area contributed by atoms with Crippen LogP contribution in [0.1, 0.15) is 22.8 Å². The molecule has 1 atom stereocenters. The zero-order chi connectivity index (χ0) is 15.2. The van der Waals surface area contributed by atoms with Crippen molar-refractivity contribution < 1.29 is 4.79 Å². The highest BCUT2D eigenvalue weighted by Gasteiger charge is 2.14. The SMILES string of the molecule is CNc1ccccc1C(=O)NC(C)Cc1ccccc1Cl. The van der Waals surface area contributed by atoms with Crippen LogP contribution in [-0.4, -0.2) is 19.0 Å². The minimum absolute atomic E-state index is 0.00214. The number of carbonyl (C=O) groups excluding carboxylic acids is 1. The van der Waals surface area contributed by atoms with Crippen LogP contribution in [0.4, 0.5) is 5.69 Å². The number of rotatable bonds is 5. The van der Waals surface area contributed by atoms with Gasteiger partial charge < -0.3 is 10.6 Å². The number of anilines is 1. The molecule has 0 radical (unpaired) electrons. The molecule has 0 saturated carbocycles. The molecule has 2 aromatic rings. The summed E-state index contributed by atoms with van der Waals surface area (Å²) in [6, 6.07) is 15.1. The van der Waals surface area contributed by atoms with E-state index < -0.39 is 0 Å². The van der Waals surface area contributed by atoms with Crippen molar-refractivity contribution >= 4 is 23.2 Å². The van der Waals surface area contributed by atoms with Gasteiger partial charge in [0.05, 0.1) is 5.56 Å². The molecule has 2 rings (SSSR count). The van der Waals surface area contributed by atoms with Crippen LogP contribution in [-0.2, 0) is 6.42 Å². The Balaban J connectivity index is 2.04. The molecule has 1 amide bonds. The first-order chi connectivity index (χ1) is 10.1. The van der Waals surface area contributed by atoms with Crippen LogP contribution < -0.4 is 10.6 Å². The quantitative estimate of drug-likeness (QED) is 0.883. The molecule has 4 heteroatoms. The maximum atomic E-state index is 12.3. The first-order valence-corrected chi connectivity index (χ1v) is 7.30. The van der Waals surface area contributed by atoms with Crippen molar-refractivity contribution in [2.45, 2.75) is 19.4 Å². The molecule has 110 valence electrons. The van der Waals surface area contributed by atoms with Gasteiger partial charge in [0.15, 0.2) is 0 Å². The Morgan fingerprint density at radius 3 is 2.52 bits per heavy atom. The Kier molecular flexibility index (Phi) is 5.23. The molecule has 0 heterocycles. The number of halogens is 1. The van der Waals surface area contributed by atoms with E-state index in [1.807, 2.05) is 55.5 Å². The summed E-state index contributed by atoms with van der Waals surface area (Å²) in [5.41, 5.74) is 2.50. The number of nitrogens with one attached hydrogen (secondary N) is 2. The zero-order valence-electron chi connectivity index (χ0n) is 12.2. The molecule has 0 aliphatic heterocycles. The first kappa shape index (κ1) is 15.4. The lowest BCUT2D eigenvalue weighted by atomic mass is 10.1. The predicted molar refractivity (Wildman–Crippen MR) is 88.1 cm³/mol. The Bertz CT molecular complexity index is 628. The molecule has 3 nitrogen and oxygen atoms in total. The van der Waals surface area contributed by atoms with Crippen molar-refractivity contribution in [3.63, 3.8) is 0 Å². The van der Waals surface area contributed by atoms with Crippen LogP contribution in [0.3, 0.4) is 0 Å². The predicted octanol–water partition coefficient (Wildman–Crippen LogP) is 3.74. The van der Waals surface area contributed by atoms with Crippen LogP contribution in [0.5, 0.6) is 0 Å². The molecule has 0 saturated heterocycles. The first-order valence-electron chi connectivity index (χ1n) is 6.93. The van der Waals surface area contributed by atoms with E-state index in [-0.39, 0.29) is 11.9 Å². The van der Waals surface area contributed by atoms with Crippen molar-refractivity contribution in [1.29, 1.82) is 0 Å². The minimum Gasteiger partial charge on any atom is -0.387 e. The molecule has 0 fully saturated rings. The molecule has 0 aromatic heterocycles.